The van der Waals surface area contributed by atoms with Crippen molar-refractivity contribution < 1.29 is 9.53 Å². The van der Waals surface area contributed by atoms with Crippen LogP contribution in [0.5, 0.6) is 0 Å². The molecule has 4 nitrogen and oxygen atoms in total. The van der Waals surface area contributed by atoms with Crippen LogP contribution < -0.4 is 5.73 Å². The molecule has 0 saturated carbocycles. The molecule has 2 aromatic rings. The van der Waals surface area contributed by atoms with E-state index in [2.05, 4.69) is 9.72 Å². The molecule has 94 valence electrons. The van der Waals surface area contributed by atoms with Gasteiger partial charge in [-0.25, -0.2) is 0 Å². The molecule has 0 bridgehead atoms. The predicted octanol–water partition coefficient (Wildman–Crippen LogP) is 2.47. The van der Waals surface area contributed by atoms with Crippen molar-refractivity contribution in [3.05, 3.63) is 30.6 Å². The lowest BCUT2D eigenvalue weighted by molar-refractivity contribution is -0.140. The molecule has 1 aromatic heterocycles. The lowest BCUT2D eigenvalue weighted by Gasteiger charge is -2.07. The van der Waals surface area contributed by atoms with Gasteiger partial charge in [-0.1, -0.05) is 0 Å². The van der Waals surface area contributed by atoms with Gasteiger partial charge in [-0.3, -0.25) is 9.78 Å². The minimum Gasteiger partial charge on any atom is -0.469 e. The Bertz CT molecular complexity index is 572. The lowest BCUT2D eigenvalue weighted by atomic mass is 10.1. The summed E-state index contributed by atoms with van der Waals surface area (Å²) < 4.78 is 4.61. The van der Waals surface area contributed by atoms with Crippen LogP contribution in [0, 0.1) is 0 Å². The first kappa shape index (κ1) is 12.7. The Morgan fingerprint density at radius 1 is 1.39 bits per heavy atom. The molecule has 0 fully saturated rings. The summed E-state index contributed by atoms with van der Waals surface area (Å²) in [6, 6.07) is 5.77. The topological polar surface area (TPSA) is 65.2 Å². The van der Waals surface area contributed by atoms with E-state index in [1.165, 1.54) is 7.11 Å². The standard InChI is InChI=1S/C13H14N2O2S/c1-17-13(16)5-7-18-12-3-2-11(14)10-8-15-6-4-9(10)12/h2-4,6,8H,5,7,14H2,1H3. The number of rotatable bonds is 4. The first-order valence-electron chi connectivity index (χ1n) is 5.54. The fourth-order valence-electron chi connectivity index (χ4n) is 1.66. The molecule has 2 N–H and O–H groups in total. The van der Waals surface area contributed by atoms with Gasteiger partial charge in [-0.15, -0.1) is 11.8 Å². The summed E-state index contributed by atoms with van der Waals surface area (Å²) >= 11 is 1.62. The van der Waals surface area contributed by atoms with Crippen LogP contribution in [-0.2, 0) is 9.53 Å². The largest absolute Gasteiger partial charge is 0.469 e. The summed E-state index contributed by atoms with van der Waals surface area (Å²) in [5.74, 6) is 0.498. The molecule has 0 aliphatic rings. The number of ether oxygens (including phenoxy) is 1. The Labute approximate surface area is 110 Å². The molecular formula is C13H14N2O2S. The normalized spacial score (nSPS) is 10.5. The van der Waals surface area contributed by atoms with Gasteiger partial charge in [0.1, 0.15) is 0 Å². The van der Waals surface area contributed by atoms with E-state index >= 15 is 0 Å². The van der Waals surface area contributed by atoms with Crippen LogP contribution in [0.15, 0.2) is 35.5 Å². The van der Waals surface area contributed by atoms with E-state index in [0.717, 1.165) is 21.4 Å². The third-order valence-corrected chi connectivity index (χ3v) is 3.68. The Hall–Kier alpha value is -1.75. The Morgan fingerprint density at radius 2 is 2.22 bits per heavy atom. The number of esters is 1. The molecule has 0 unspecified atom stereocenters. The number of aromatic nitrogens is 1. The van der Waals surface area contributed by atoms with E-state index in [1.54, 1.807) is 24.2 Å². The Balaban J connectivity index is 2.18. The number of carbonyl (C=O) groups excluding carboxylic acids is 1. The predicted molar refractivity (Wildman–Crippen MR) is 73.5 cm³/mol. The van der Waals surface area contributed by atoms with Crippen LogP contribution in [0.4, 0.5) is 5.69 Å². The maximum Gasteiger partial charge on any atom is 0.306 e. The number of nitrogen functional groups attached to an aromatic ring is 1. The van der Waals surface area contributed by atoms with Gasteiger partial charge in [-0.2, -0.15) is 0 Å². The van der Waals surface area contributed by atoms with Gasteiger partial charge in [0.25, 0.3) is 0 Å². The third kappa shape index (κ3) is 2.73. The molecule has 0 spiro atoms. The van der Waals surface area contributed by atoms with Gasteiger partial charge in [0, 0.05) is 39.5 Å². The molecular weight excluding hydrogens is 248 g/mol. The number of nitrogens with zero attached hydrogens (tertiary/aromatic N) is 1. The van der Waals surface area contributed by atoms with Gasteiger partial charge in [0.2, 0.25) is 0 Å². The SMILES string of the molecule is COC(=O)CCSc1ccc(N)c2cnccc12. The number of hydrogen-bond acceptors (Lipinski definition) is 5. The van der Waals surface area contributed by atoms with Crippen molar-refractivity contribution in [2.75, 3.05) is 18.6 Å². The van der Waals surface area contributed by atoms with Crippen molar-refractivity contribution in [1.82, 2.24) is 4.98 Å². The van der Waals surface area contributed by atoms with Crippen LogP contribution in [0.25, 0.3) is 10.8 Å². The first-order chi connectivity index (χ1) is 8.72. The zero-order valence-corrected chi connectivity index (χ0v) is 10.9. The number of methoxy groups -OCH3 is 1. The Kier molecular flexibility index (Phi) is 4.04. The summed E-state index contributed by atoms with van der Waals surface area (Å²) in [6.07, 6.45) is 3.90. The molecule has 0 aliphatic carbocycles. The molecule has 0 atom stereocenters. The van der Waals surface area contributed by atoms with E-state index in [9.17, 15) is 4.79 Å². The highest BCUT2D eigenvalue weighted by molar-refractivity contribution is 7.99. The smallest absolute Gasteiger partial charge is 0.306 e. The average molecular weight is 262 g/mol. The van der Waals surface area contributed by atoms with Crippen molar-refractivity contribution in [2.24, 2.45) is 0 Å². The van der Waals surface area contributed by atoms with Gasteiger partial charge >= 0.3 is 5.97 Å². The van der Waals surface area contributed by atoms with E-state index in [4.69, 9.17) is 5.73 Å². The molecule has 0 aliphatic heterocycles. The fourth-order valence-corrected chi connectivity index (χ4v) is 2.64. The van der Waals surface area contributed by atoms with Gasteiger partial charge in [0.05, 0.1) is 13.5 Å². The zero-order chi connectivity index (χ0) is 13.0. The lowest BCUT2D eigenvalue weighted by Crippen LogP contribution is -2.01. The maximum absolute atomic E-state index is 11.1. The minimum atomic E-state index is -0.191. The summed E-state index contributed by atoms with van der Waals surface area (Å²) in [5, 5.41) is 2.01. The highest BCUT2D eigenvalue weighted by Crippen LogP contribution is 2.31. The quantitative estimate of drug-likeness (QED) is 0.521. The number of anilines is 1. The fraction of sp³-hybridized carbons (Fsp3) is 0.231. The van der Waals surface area contributed by atoms with Crippen LogP contribution in [0.1, 0.15) is 6.42 Å². The monoisotopic (exact) mass is 262 g/mol. The summed E-state index contributed by atoms with van der Waals surface area (Å²) in [5.41, 5.74) is 6.62. The first-order valence-corrected chi connectivity index (χ1v) is 6.52. The second-order valence-corrected chi connectivity index (χ2v) is 4.89. The molecule has 0 radical (unpaired) electrons. The number of pyridine rings is 1. The number of hydrogen-bond donors (Lipinski definition) is 1. The average Bonchev–Trinajstić information content (AvgIpc) is 2.41. The van der Waals surface area contributed by atoms with Crippen molar-refractivity contribution in [1.29, 1.82) is 0 Å². The van der Waals surface area contributed by atoms with Gasteiger partial charge in [-0.05, 0) is 18.2 Å². The summed E-state index contributed by atoms with van der Waals surface area (Å²) in [6.45, 7) is 0. The highest BCUT2D eigenvalue weighted by atomic mass is 32.2. The molecule has 2 rings (SSSR count). The number of thioether (sulfide) groups is 1. The molecule has 1 aromatic carbocycles. The van der Waals surface area contributed by atoms with E-state index in [1.807, 2.05) is 18.2 Å². The number of nitrogens with two attached hydrogens (primary N) is 1. The summed E-state index contributed by atoms with van der Waals surface area (Å²) in [4.78, 5) is 16.2. The third-order valence-electron chi connectivity index (χ3n) is 2.60. The zero-order valence-electron chi connectivity index (χ0n) is 10.1. The molecule has 0 saturated heterocycles. The highest BCUT2D eigenvalue weighted by Gasteiger charge is 2.06. The van der Waals surface area contributed by atoms with Crippen molar-refractivity contribution >= 4 is 34.2 Å². The number of carbonyl (C=O) groups is 1. The molecule has 0 amide bonds. The second kappa shape index (κ2) is 5.73. The van der Waals surface area contributed by atoms with Crippen molar-refractivity contribution in [3.63, 3.8) is 0 Å². The van der Waals surface area contributed by atoms with E-state index in [0.29, 0.717) is 12.2 Å². The van der Waals surface area contributed by atoms with Crippen molar-refractivity contribution in [2.45, 2.75) is 11.3 Å². The Morgan fingerprint density at radius 3 is 3.00 bits per heavy atom. The molecule has 18 heavy (non-hydrogen) atoms. The van der Waals surface area contributed by atoms with Gasteiger partial charge in [0.15, 0.2) is 0 Å². The molecule has 1 heterocycles. The second-order valence-electron chi connectivity index (χ2n) is 3.75. The van der Waals surface area contributed by atoms with Crippen LogP contribution in [0.2, 0.25) is 0 Å². The molecule has 5 heteroatoms. The number of benzene rings is 1. The van der Waals surface area contributed by atoms with E-state index in [-0.39, 0.29) is 5.97 Å². The van der Waals surface area contributed by atoms with Crippen LogP contribution in [0.3, 0.4) is 0 Å². The van der Waals surface area contributed by atoms with Crippen molar-refractivity contribution in [3.8, 4) is 0 Å². The van der Waals surface area contributed by atoms with Gasteiger partial charge < -0.3 is 10.5 Å². The van der Waals surface area contributed by atoms with Crippen LogP contribution in [-0.4, -0.2) is 23.8 Å². The summed E-state index contributed by atoms with van der Waals surface area (Å²) in [7, 11) is 1.40. The maximum atomic E-state index is 11.1. The number of fused-ring (bicyclic) bond motifs is 1. The van der Waals surface area contributed by atoms with Crippen LogP contribution >= 0.6 is 11.8 Å². The minimum absolute atomic E-state index is 0.191. The van der Waals surface area contributed by atoms with E-state index < -0.39 is 0 Å².